The van der Waals surface area contributed by atoms with E-state index in [1.165, 1.54) is 19.0 Å². The molecule has 0 aromatic carbocycles. The summed E-state index contributed by atoms with van der Waals surface area (Å²) in [6.07, 6.45) is 5.50. The average molecular weight is 269 g/mol. The minimum Gasteiger partial charge on any atom is -0.391 e. The summed E-state index contributed by atoms with van der Waals surface area (Å²) in [5.74, 6) is 0.0276. The first-order valence-corrected chi connectivity index (χ1v) is 6.63. The molecule has 1 aliphatic carbocycles. The Labute approximate surface area is 111 Å². The highest BCUT2D eigenvalue weighted by Gasteiger charge is 2.23. The molecule has 1 saturated carbocycles. The second-order valence-electron chi connectivity index (χ2n) is 4.66. The highest BCUT2D eigenvalue weighted by Crippen LogP contribution is 2.27. The fourth-order valence-electron chi connectivity index (χ4n) is 2.36. The van der Waals surface area contributed by atoms with E-state index in [4.69, 9.17) is 11.6 Å². The standard InChI is InChI=1S/C13H17ClN2O2/c14-12-10(6-3-7-15-12)13(18)16-8-11(17)9-4-1-2-5-9/h3,6-7,9,11,17H,1-2,4-5,8H2,(H,16,18). The smallest absolute Gasteiger partial charge is 0.254 e. The highest BCUT2D eigenvalue weighted by molar-refractivity contribution is 6.32. The summed E-state index contributed by atoms with van der Waals surface area (Å²) in [4.78, 5) is 15.7. The van der Waals surface area contributed by atoms with Gasteiger partial charge in [0.25, 0.3) is 5.91 Å². The van der Waals surface area contributed by atoms with Gasteiger partial charge in [-0.3, -0.25) is 4.79 Å². The first-order valence-electron chi connectivity index (χ1n) is 6.25. The molecule has 0 spiro atoms. The largest absolute Gasteiger partial charge is 0.391 e. The first kappa shape index (κ1) is 13.3. The van der Waals surface area contributed by atoms with E-state index in [1.54, 1.807) is 12.1 Å². The molecule has 0 aliphatic heterocycles. The molecule has 2 N–H and O–H groups in total. The van der Waals surface area contributed by atoms with Crippen LogP contribution in [-0.4, -0.2) is 28.6 Å². The average Bonchev–Trinajstić information content (AvgIpc) is 2.90. The van der Waals surface area contributed by atoms with Gasteiger partial charge in [0, 0.05) is 12.7 Å². The number of hydrogen-bond acceptors (Lipinski definition) is 3. The summed E-state index contributed by atoms with van der Waals surface area (Å²) in [6, 6.07) is 3.28. The summed E-state index contributed by atoms with van der Waals surface area (Å²) in [5.41, 5.74) is 0.345. The molecule has 1 unspecified atom stereocenters. The van der Waals surface area contributed by atoms with Crippen LogP contribution in [0.3, 0.4) is 0 Å². The van der Waals surface area contributed by atoms with E-state index in [0.717, 1.165) is 12.8 Å². The van der Waals surface area contributed by atoms with Crippen LogP contribution in [0, 0.1) is 5.92 Å². The number of rotatable bonds is 4. The van der Waals surface area contributed by atoms with Gasteiger partial charge in [-0.2, -0.15) is 0 Å². The maximum absolute atomic E-state index is 11.8. The number of hydrogen-bond donors (Lipinski definition) is 2. The summed E-state index contributed by atoms with van der Waals surface area (Å²) >= 11 is 5.83. The van der Waals surface area contributed by atoms with Gasteiger partial charge in [0.05, 0.1) is 11.7 Å². The lowest BCUT2D eigenvalue weighted by Crippen LogP contribution is -2.35. The maximum atomic E-state index is 11.8. The highest BCUT2D eigenvalue weighted by atomic mass is 35.5. The van der Waals surface area contributed by atoms with Crippen LogP contribution in [-0.2, 0) is 0 Å². The molecule has 0 bridgehead atoms. The van der Waals surface area contributed by atoms with Gasteiger partial charge in [-0.25, -0.2) is 4.98 Å². The Bertz CT molecular complexity index is 419. The molecule has 1 heterocycles. The fraction of sp³-hybridized carbons (Fsp3) is 0.538. The summed E-state index contributed by atoms with van der Waals surface area (Å²) in [6.45, 7) is 0.273. The van der Waals surface area contributed by atoms with E-state index in [2.05, 4.69) is 10.3 Å². The Hall–Kier alpha value is -1.13. The first-order chi connectivity index (χ1) is 8.68. The third kappa shape index (κ3) is 3.21. The SMILES string of the molecule is O=C(NCC(O)C1CCCC1)c1cccnc1Cl. The van der Waals surface area contributed by atoms with Gasteiger partial charge >= 0.3 is 0 Å². The van der Waals surface area contributed by atoms with Crippen LogP contribution in [0.2, 0.25) is 5.15 Å². The summed E-state index contributed by atoms with van der Waals surface area (Å²) in [5, 5.41) is 12.8. The monoisotopic (exact) mass is 268 g/mol. The third-order valence-electron chi connectivity index (χ3n) is 3.42. The maximum Gasteiger partial charge on any atom is 0.254 e. The van der Waals surface area contributed by atoms with Crippen molar-refractivity contribution in [1.29, 1.82) is 0 Å². The van der Waals surface area contributed by atoms with Crippen molar-refractivity contribution in [1.82, 2.24) is 10.3 Å². The number of halogens is 1. The minimum atomic E-state index is -0.466. The van der Waals surface area contributed by atoms with Crippen LogP contribution in [0.1, 0.15) is 36.0 Å². The van der Waals surface area contributed by atoms with Crippen molar-refractivity contribution >= 4 is 17.5 Å². The Kier molecular flexibility index (Phi) is 4.55. The van der Waals surface area contributed by atoms with E-state index in [-0.39, 0.29) is 17.6 Å². The number of amides is 1. The molecule has 4 nitrogen and oxygen atoms in total. The normalized spacial score (nSPS) is 17.7. The van der Waals surface area contributed by atoms with Crippen molar-refractivity contribution in [2.45, 2.75) is 31.8 Å². The zero-order valence-corrected chi connectivity index (χ0v) is 10.9. The van der Waals surface area contributed by atoms with Crippen LogP contribution in [0.25, 0.3) is 0 Å². The summed E-state index contributed by atoms with van der Waals surface area (Å²) < 4.78 is 0. The van der Waals surface area contributed by atoms with E-state index in [0.29, 0.717) is 11.5 Å². The number of aliphatic hydroxyl groups excluding tert-OH is 1. The summed E-state index contributed by atoms with van der Waals surface area (Å²) in [7, 11) is 0. The van der Waals surface area contributed by atoms with Gasteiger partial charge in [-0.1, -0.05) is 24.4 Å². The van der Waals surface area contributed by atoms with Gasteiger partial charge in [0.1, 0.15) is 5.15 Å². The molecular weight excluding hydrogens is 252 g/mol. The van der Waals surface area contributed by atoms with Crippen molar-refractivity contribution in [3.05, 3.63) is 29.0 Å². The number of aromatic nitrogens is 1. The lowest BCUT2D eigenvalue weighted by molar-refractivity contribution is 0.0840. The molecule has 1 atom stereocenters. The molecule has 5 heteroatoms. The molecule has 1 amide bonds. The van der Waals surface area contributed by atoms with E-state index >= 15 is 0 Å². The van der Waals surface area contributed by atoms with Crippen LogP contribution in [0.4, 0.5) is 0 Å². The second kappa shape index (κ2) is 6.16. The van der Waals surface area contributed by atoms with Crippen molar-refractivity contribution in [2.75, 3.05) is 6.54 Å². The van der Waals surface area contributed by atoms with Gasteiger partial charge < -0.3 is 10.4 Å². The van der Waals surface area contributed by atoms with Crippen LogP contribution in [0.5, 0.6) is 0 Å². The van der Waals surface area contributed by atoms with Gasteiger partial charge in [0.2, 0.25) is 0 Å². The Balaban J connectivity index is 1.86. The Morgan fingerprint density at radius 3 is 2.94 bits per heavy atom. The van der Waals surface area contributed by atoms with Gasteiger partial charge in [-0.15, -0.1) is 0 Å². The molecule has 2 rings (SSSR count). The molecule has 0 radical (unpaired) electrons. The topological polar surface area (TPSA) is 62.2 Å². The van der Waals surface area contributed by atoms with E-state index < -0.39 is 6.10 Å². The van der Waals surface area contributed by atoms with Gasteiger partial charge in [-0.05, 0) is 30.9 Å². The van der Waals surface area contributed by atoms with E-state index in [9.17, 15) is 9.90 Å². The van der Waals surface area contributed by atoms with Crippen molar-refractivity contribution in [3.63, 3.8) is 0 Å². The number of aliphatic hydroxyl groups is 1. The third-order valence-corrected chi connectivity index (χ3v) is 3.72. The van der Waals surface area contributed by atoms with Crippen LogP contribution < -0.4 is 5.32 Å². The molecular formula is C13H17ClN2O2. The number of nitrogens with one attached hydrogen (secondary N) is 1. The zero-order chi connectivity index (χ0) is 13.0. The molecule has 1 aromatic rings. The molecule has 1 fully saturated rings. The predicted octanol–water partition coefficient (Wildman–Crippen LogP) is 2.02. The zero-order valence-electron chi connectivity index (χ0n) is 10.1. The second-order valence-corrected chi connectivity index (χ2v) is 5.02. The quantitative estimate of drug-likeness (QED) is 0.821. The molecule has 1 aromatic heterocycles. The van der Waals surface area contributed by atoms with Gasteiger partial charge in [0.15, 0.2) is 0 Å². The molecule has 18 heavy (non-hydrogen) atoms. The fourth-order valence-corrected chi connectivity index (χ4v) is 2.56. The molecule has 98 valence electrons. The number of carbonyl (C=O) groups excluding carboxylic acids is 1. The number of pyridine rings is 1. The minimum absolute atomic E-state index is 0.186. The van der Waals surface area contributed by atoms with Crippen LogP contribution >= 0.6 is 11.6 Å². The number of nitrogens with zero attached hydrogens (tertiary/aromatic N) is 1. The van der Waals surface area contributed by atoms with E-state index in [1.807, 2.05) is 0 Å². The Morgan fingerprint density at radius 2 is 2.28 bits per heavy atom. The lowest BCUT2D eigenvalue weighted by atomic mass is 10.0. The molecule has 0 saturated heterocycles. The number of carbonyl (C=O) groups is 1. The van der Waals surface area contributed by atoms with Crippen molar-refractivity contribution in [2.24, 2.45) is 5.92 Å². The molecule has 1 aliphatic rings. The predicted molar refractivity (Wildman–Crippen MR) is 69.5 cm³/mol. The Morgan fingerprint density at radius 1 is 1.56 bits per heavy atom. The van der Waals surface area contributed by atoms with Crippen molar-refractivity contribution in [3.8, 4) is 0 Å². The lowest BCUT2D eigenvalue weighted by Gasteiger charge is -2.18. The van der Waals surface area contributed by atoms with Crippen LogP contribution in [0.15, 0.2) is 18.3 Å². The van der Waals surface area contributed by atoms with Crippen molar-refractivity contribution < 1.29 is 9.90 Å².